The van der Waals surface area contributed by atoms with E-state index in [2.05, 4.69) is 23.6 Å². The summed E-state index contributed by atoms with van der Waals surface area (Å²) >= 11 is 6.12. The molecular weight excluding hydrogens is 256 g/mol. The summed E-state index contributed by atoms with van der Waals surface area (Å²) < 4.78 is 2.20. The van der Waals surface area contributed by atoms with E-state index in [1.54, 1.807) is 0 Å². The third-order valence-electron chi connectivity index (χ3n) is 3.17. The molecule has 3 aromatic rings. The van der Waals surface area contributed by atoms with Gasteiger partial charge in [-0.2, -0.15) is 0 Å². The lowest BCUT2D eigenvalue weighted by molar-refractivity contribution is 0.818. The fourth-order valence-electron chi connectivity index (χ4n) is 2.35. The Hall–Kier alpha value is -1.80. The molecule has 0 N–H and O–H groups in total. The summed E-state index contributed by atoms with van der Waals surface area (Å²) in [7, 11) is 0. The summed E-state index contributed by atoms with van der Waals surface area (Å²) in [6.07, 6.45) is 2.03. The molecule has 0 radical (unpaired) electrons. The molecule has 0 saturated heterocycles. The molecule has 0 aliphatic heterocycles. The summed E-state index contributed by atoms with van der Waals surface area (Å²) in [6.45, 7) is 2.17. The molecule has 0 unspecified atom stereocenters. The van der Waals surface area contributed by atoms with Crippen LogP contribution in [0.2, 0.25) is 5.02 Å². The monoisotopic (exact) mass is 270 g/mol. The summed E-state index contributed by atoms with van der Waals surface area (Å²) in [5.41, 5.74) is 3.20. The number of fused-ring (bicyclic) bond motifs is 1. The van der Waals surface area contributed by atoms with Crippen LogP contribution < -0.4 is 0 Å². The van der Waals surface area contributed by atoms with Gasteiger partial charge < -0.3 is 0 Å². The van der Waals surface area contributed by atoms with E-state index in [0.717, 1.165) is 40.4 Å². The van der Waals surface area contributed by atoms with Crippen LogP contribution in [0.5, 0.6) is 0 Å². The molecule has 0 atom stereocenters. The van der Waals surface area contributed by atoms with E-state index in [1.807, 2.05) is 36.4 Å². The van der Waals surface area contributed by atoms with Gasteiger partial charge in [-0.25, -0.2) is 4.98 Å². The van der Waals surface area contributed by atoms with Crippen molar-refractivity contribution in [1.29, 1.82) is 0 Å². The van der Waals surface area contributed by atoms with Crippen LogP contribution in [-0.4, -0.2) is 9.55 Å². The highest BCUT2D eigenvalue weighted by molar-refractivity contribution is 6.31. The molecule has 0 fully saturated rings. The van der Waals surface area contributed by atoms with E-state index in [-0.39, 0.29) is 0 Å². The molecule has 2 aromatic carbocycles. The van der Waals surface area contributed by atoms with Crippen molar-refractivity contribution in [3.63, 3.8) is 0 Å². The van der Waals surface area contributed by atoms with Crippen LogP contribution in [0.25, 0.3) is 16.7 Å². The van der Waals surface area contributed by atoms with Gasteiger partial charge in [0.15, 0.2) is 0 Å². The number of rotatable bonds is 3. The second kappa shape index (κ2) is 5.06. The average Bonchev–Trinajstić information content (AvgIpc) is 2.77. The van der Waals surface area contributed by atoms with Gasteiger partial charge >= 0.3 is 0 Å². The van der Waals surface area contributed by atoms with Gasteiger partial charge in [0.1, 0.15) is 5.82 Å². The molecule has 1 aromatic heterocycles. The number of benzene rings is 2. The van der Waals surface area contributed by atoms with Crippen molar-refractivity contribution in [2.45, 2.75) is 19.8 Å². The van der Waals surface area contributed by atoms with Crippen LogP contribution in [-0.2, 0) is 6.42 Å². The normalized spacial score (nSPS) is 11.1. The molecule has 0 aliphatic rings. The first-order valence-electron chi connectivity index (χ1n) is 6.52. The minimum Gasteiger partial charge on any atom is -0.296 e. The lowest BCUT2D eigenvalue weighted by atomic mass is 10.2. The largest absolute Gasteiger partial charge is 0.296 e. The van der Waals surface area contributed by atoms with Crippen molar-refractivity contribution in [3.05, 3.63) is 59.4 Å². The van der Waals surface area contributed by atoms with Crippen LogP contribution in [0.1, 0.15) is 19.2 Å². The zero-order chi connectivity index (χ0) is 13.2. The zero-order valence-electron chi connectivity index (χ0n) is 10.8. The van der Waals surface area contributed by atoms with E-state index >= 15 is 0 Å². The second-order valence-electron chi connectivity index (χ2n) is 4.58. The van der Waals surface area contributed by atoms with E-state index in [4.69, 9.17) is 16.6 Å². The molecule has 0 bridgehead atoms. The molecule has 0 amide bonds. The third-order valence-corrected chi connectivity index (χ3v) is 3.41. The van der Waals surface area contributed by atoms with Crippen LogP contribution in [0.4, 0.5) is 0 Å². The Morgan fingerprint density at radius 1 is 1.11 bits per heavy atom. The lowest BCUT2D eigenvalue weighted by Gasteiger charge is -2.08. The zero-order valence-corrected chi connectivity index (χ0v) is 11.6. The molecule has 2 nitrogen and oxygen atoms in total. The van der Waals surface area contributed by atoms with Gasteiger partial charge in [0.05, 0.1) is 11.0 Å². The lowest BCUT2D eigenvalue weighted by Crippen LogP contribution is -2.00. The molecule has 0 spiro atoms. The summed E-state index contributed by atoms with van der Waals surface area (Å²) in [5.74, 6) is 1.09. The second-order valence-corrected chi connectivity index (χ2v) is 5.02. The van der Waals surface area contributed by atoms with Crippen LogP contribution in [0.15, 0.2) is 48.5 Å². The van der Waals surface area contributed by atoms with Crippen molar-refractivity contribution in [2.75, 3.05) is 0 Å². The van der Waals surface area contributed by atoms with E-state index in [0.29, 0.717) is 0 Å². The van der Waals surface area contributed by atoms with Crippen molar-refractivity contribution < 1.29 is 0 Å². The van der Waals surface area contributed by atoms with Crippen molar-refractivity contribution >= 4 is 22.6 Å². The Morgan fingerprint density at radius 2 is 1.89 bits per heavy atom. The smallest absolute Gasteiger partial charge is 0.114 e. The molecular formula is C16H15ClN2. The predicted molar refractivity (Wildman–Crippen MR) is 80.1 cm³/mol. The number of aromatic nitrogens is 2. The van der Waals surface area contributed by atoms with E-state index in [1.165, 1.54) is 0 Å². The molecule has 0 aliphatic carbocycles. The van der Waals surface area contributed by atoms with Gasteiger partial charge in [0.25, 0.3) is 0 Å². The van der Waals surface area contributed by atoms with Gasteiger partial charge in [-0.3, -0.25) is 4.57 Å². The molecule has 96 valence electrons. The highest BCUT2D eigenvalue weighted by Crippen LogP contribution is 2.25. The summed E-state index contributed by atoms with van der Waals surface area (Å²) in [4.78, 5) is 4.72. The van der Waals surface area contributed by atoms with E-state index < -0.39 is 0 Å². The van der Waals surface area contributed by atoms with Crippen molar-refractivity contribution in [3.8, 4) is 5.69 Å². The molecule has 3 rings (SSSR count). The van der Waals surface area contributed by atoms with Gasteiger partial charge in [-0.05, 0) is 36.8 Å². The number of halogens is 1. The minimum atomic E-state index is 0.743. The third kappa shape index (κ3) is 2.24. The van der Waals surface area contributed by atoms with Crippen molar-refractivity contribution in [2.24, 2.45) is 0 Å². The van der Waals surface area contributed by atoms with Crippen LogP contribution in [0.3, 0.4) is 0 Å². The standard InChI is InChI=1S/C16H15ClN2/c1-2-6-16-18-14-10-9-12(17)11-15(14)19(16)13-7-4-3-5-8-13/h3-5,7-11H,2,6H2,1H3. The minimum absolute atomic E-state index is 0.743. The topological polar surface area (TPSA) is 17.8 Å². The highest BCUT2D eigenvalue weighted by Gasteiger charge is 2.11. The number of imidazole rings is 1. The Morgan fingerprint density at radius 3 is 2.63 bits per heavy atom. The number of hydrogen-bond acceptors (Lipinski definition) is 1. The highest BCUT2D eigenvalue weighted by atomic mass is 35.5. The fraction of sp³-hybridized carbons (Fsp3) is 0.188. The molecule has 1 heterocycles. The SMILES string of the molecule is CCCc1nc2ccc(Cl)cc2n1-c1ccccc1. The molecule has 3 heteroatoms. The maximum atomic E-state index is 6.12. The number of para-hydroxylation sites is 1. The predicted octanol–water partition coefficient (Wildman–Crippen LogP) is 4.63. The van der Waals surface area contributed by atoms with Crippen LogP contribution in [0, 0.1) is 0 Å². The Kier molecular flexibility index (Phi) is 3.26. The average molecular weight is 271 g/mol. The van der Waals surface area contributed by atoms with Gasteiger partial charge in [-0.1, -0.05) is 36.7 Å². The van der Waals surface area contributed by atoms with E-state index in [9.17, 15) is 0 Å². The Bertz CT molecular complexity index is 701. The van der Waals surface area contributed by atoms with Crippen molar-refractivity contribution in [1.82, 2.24) is 9.55 Å². The number of nitrogens with zero attached hydrogens (tertiary/aromatic N) is 2. The first kappa shape index (κ1) is 12.2. The van der Waals surface area contributed by atoms with Crippen LogP contribution >= 0.6 is 11.6 Å². The molecule has 19 heavy (non-hydrogen) atoms. The first-order chi connectivity index (χ1) is 9.29. The summed E-state index contributed by atoms with van der Waals surface area (Å²) in [5, 5.41) is 0.743. The van der Waals surface area contributed by atoms with Gasteiger partial charge in [-0.15, -0.1) is 0 Å². The first-order valence-corrected chi connectivity index (χ1v) is 6.89. The number of aryl methyl sites for hydroxylation is 1. The fourth-order valence-corrected chi connectivity index (χ4v) is 2.52. The number of hydrogen-bond donors (Lipinski definition) is 0. The molecule has 0 saturated carbocycles. The quantitative estimate of drug-likeness (QED) is 0.678. The van der Waals surface area contributed by atoms with Gasteiger partial charge in [0.2, 0.25) is 0 Å². The van der Waals surface area contributed by atoms with Gasteiger partial charge in [0, 0.05) is 17.1 Å². The Labute approximate surface area is 117 Å². The maximum Gasteiger partial charge on any atom is 0.114 e. The summed E-state index contributed by atoms with van der Waals surface area (Å²) in [6, 6.07) is 16.2. The Balaban J connectivity index is 2.30. The maximum absolute atomic E-state index is 6.12.